The molecule has 0 saturated heterocycles. The highest BCUT2D eigenvalue weighted by atomic mass is 79.9. The van der Waals surface area contributed by atoms with Crippen LogP contribution in [0, 0.1) is 7.43 Å². The fourth-order valence-corrected chi connectivity index (χ4v) is 8.01. The highest BCUT2D eigenvalue weighted by molar-refractivity contribution is 9.08. The number of methoxy groups -OCH3 is 4. The third kappa shape index (κ3) is 14.9. The van der Waals surface area contributed by atoms with E-state index in [0.29, 0.717) is 28.6 Å². The molecular weight excluding hydrogens is 999 g/mol. The van der Waals surface area contributed by atoms with Crippen LogP contribution in [0.1, 0.15) is 48.8 Å². The van der Waals surface area contributed by atoms with Gasteiger partial charge in [0.1, 0.15) is 28.6 Å². The Morgan fingerprint density at radius 2 is 0.855 bits per heavy atom. The average molecular weight is 1050 g/mol. The van der Waals surface area contributed by atoms with Crippen LogP contribution in [0.15, 0.2) is 164 Å². The number of benzene rings is 6. The maximum Gasteiger partial charge on any atom is 0.356 e. The molecule has 0 aliphatic carbocycles. The molecule has 8 rings (SSSR count). The van der Waals surface area contributed by atoms with Crippen LogP contribution >= 0.6 is 50.7 Å². The second-order valence-electron chi connectivity index (χ2n) is 15.0. The molecule has 8 aromatic rings. The molecule has 6 aromatic carbocycles. The van der Waals surface area contributed by atoms with Crippen molar-refractivity contribution >= 4 is 62.7 Å². The molecule has 69 heavy (non-hydrogen) atoms. The number of halogens is 4. The second kappa shape index (κ2) is 26.2. The van der Waals surface area contributed by atoms with Crippen molar-refractivity contribution in [1.29, 1.82) is 0 Å². The summed E-state index contributed by atoms with van der Waals surface area (Å²) in [5.74, 6) is 0.945. The van der Waals surface area contributed by atoms with Gasteiger partial charge in [-0.3, -0.25) is 0 Å². The van der Waals surface area contributed by atoms with Crippen molar-refractivity contribution in [3.8, 4) is 50.6 Å². The number of carbonyl (C=O) groups is 2. The molecule has 354 valence electrons. The number of hydrogen-bond acceptors (Lipinski definition) is 8. The largest absolute Gasteiger partial charge is 0.496 e. The van der Waals surface area contributed by atoms with Crippen molar-refractivity contribution in [2.75, 3.05) is 28.4 Å². The van der Waals surface area contributed by atoms with E-state index in [9.17, 15) is 9.59 Å². The van der Waals surface area contributed by atoms with E-state index in [1.165, 1.54) is 18.7 Å². The third-order valence-corrected chi connectivity index (χ3v) is 11.8. The summed E-state index contributed by atoms with van der Waals surface area (Å²) in [4.78, 5) is 30.5. The maximum absolute atomic E-state index is 11.5. The number of pyridine rings is 2. The van der Waals surface area contributed by atoms with Crippen LogP contribution in [0.5, 0.6) is 17.2 Å². The van der Waals surface area contributed by atoms with Gasteiger partial charge in [0.05, 0.1) is 28.4 Å². The predicted molar refractivity (Wildman–Crippen MR) is 282 cm³/mol. The Labute approximate surface area is 426 Å². The van der Waals surface area contributed by atoms with E-state index in [2.05, 4.69) is 48.8 Å². The van der Waals surface area contributed by atoms with Gasteiger partial charge in [-0.2, -0.15) is 0 Å². The van der Waals surface area contributed by atoms with Crippen LogP contribution in [-0.4, -0.2) is 55.5 Å². The van der Waals surface area contributed by atoms with Gasteiger partial charge in [0.15, 0.2) is 0 Å². The number of alkyl halides is 1. The smallest absolute Gasteiger partial charge is 0.356 e. The van der Waals surface area contributed by atoms with Crippen molar-refractivity contribution in [3.63, 3.8) is 0 Å². The van der Waals surface area contributed by atoms with Gasteiger partial charge >= 0.3 is 11.9 Å². The highest BCUT2D eigenvalue weighted by Crippen LogP contribution is 2.35. The fourth-order valence-electron chi connectivity index (χ4n) is 7.09. The lowest BCUT2D eigenvalue weighted by molar-refractivity contribution is 0.0593. The maximum atomic E-state index is 11.5. The van der Waals surface area contributed by atoms with Crippen molar-refractivity contribution in [2.24, 2.45) is 0 Å². The SMILES string of the molecule is COC(=O)c1ccc(Cc2ccc(OC)c(-c3cccc(Cl)c3)c2)cn1.COc1ccc(CBr)cc1-c1cccc(Cl)c1.COc1ccc(Cc2ccc(C(=O)O)nc2)cc1-c1cccc(Cl)c1.[CH3-]. The monoisotopic (exact) mass is 1050 g/mol. The summed E-state index contributed by atoms with van der Waals surface area (Å²) >= 11 is 21.7. The van der Waals surface area contributed by atoms with Gasteiger partial charge in [-0.15, -0.1) is 0 Å². The summed E-state index contributed by atoms with van der Waals surface area (Å²) in [5.41, 5.74) is 11.7. The number of aromatic carboxylic acids is 1. The van der Waals surface area contributed by atoms with Crippen LogP contribution in [0.25, 0.3) is 33.4 Å². The molecule has 0 radical (unpaired) electrons. The second-order valence-corrected chi connectivity index (χ2v) is 16.9. The Hall–Kier alpha value is -6.69. The van der Waals surface area contributed by atoms with Crippen LogP contribution in [-0.2, 0) is 22.9 Å². The van der Waals surface area contributed by atoms with Crippen molar-refractivity contribution < 1.29 is 33.6 Å². The summed E-state index contributed by atoms with van der Waals surface area (Å²) in [6.07, 6.45) is 4.61. The summed E-state index contributed by atoms with van der Waals surface area (Å²) in [5, 5.41) is 11.8. The van der Waals surface area contributed by atoms with Gasteiger partial charge in [-0.05, 0) is 142 Å². The topological polar surface area (TPSA) is 117 Å². The van der Waals surface area contributed by atoms with Crippen LogP contribution in [0.2, 0.25) is 15.1 Å². The minimum atomic E-state index is -1.03. The summed E-state index contributed by atoms with van der Waals surface area (Å²) in [7, 11) is 6.31. The van der Waals surface area contributed by atoms with Gasteiger partial charge in [-0.25, -0.2) is 19.6 Å². The molecule has 0 atom stereocenters. The number of hydrogen-bond donors (Lipinski definition) is 1. The van der Waals surface area contributed by atoms with Gasteiger partial charge in [-0.1, -0.05) is 117 Å². The summed E-state index contributed by atoms with van der Waals surface area (Å²) in [6.45, 7) is 0. The Morgan fingerprint density at radius 3 is 1.17 bits per heavy atom. The first kappa shape index (κ1) is 53.3. The minimum absolute atomic E-state index is 0. The lowest BCUT2D eigenvalue weighted by atomic mass is 9.98. The number of aromatic nitrogens is 2. The lowest BCUT2D eigenvalue weighted by Crippen LogP contribution is -2.04. The summed E-state index contributed by atoms with van der Waals surface area (Å²) in [6, 6.07) is 48.0. The number of rotatable bonds is 13. The summed E-state index contributed by atoms with van der Waals surface area (Å²) < 4.78 is 21.0. The zero-order valence-electron chi connectivity index (χ0n) is 38.5. The first-order valence-corrected chi connectivity index (χ1v) is 23.2. The van der Waals surface area contributed by atoms with E-state index in [0.717, 1.165) is 83.2 Å². The number of esters is 1. The first-order chi connectivity index (χ1) is 32.9. The fraction of sp³-hybridized carbons (Fsp3) is 0.125. The average Bonchev–Trinajstić information content (AvgIpc) is 3.36. The number of carboxylic acids is 1. The molecule has 2 aromatic heterocycles. The van der Waals surface area contributed by atoms with E-state index < -0.39 is 11.9 Å². The number of carboxylic acid groups (broad SMARTS) is 1. The van der Waals surface area contributed by atoms with E-state index in [1.54, 1.807) is 45.9 Å². The number of carbonyl (C=O) groups excluding carboxylic acids is 1. The van der Waals surface area contributed by atoms with Gasteiger partial charge in [0.25, 0.3) is 0 Å². The van der Waals surface area contributed by atoms with Crippen LogP contribution < -0.4 is 14.2 Å². The molecule has 2 heterocycles. The third-order valence-electron chi connectivity index (χ3n) is 10.4. The van der Waals surface area contributed by atoms with Crippen molar-refractivity contribution in [1.82, 2.24) is 9.97 Å². The molecule has 0 bridgehead atoms. The normalized spacial score (nSPS) is 10.3. The molecule has 0 spiro atoms. The zero-order chi connectivity index (χ0) is 48.6. The van der Waals surface area contributed by atoms with Crippen molar-refractivity contribution in [2.45, 2.75) is 18.2 Å². The van der Waals surface area contributed by atoms with Crippen LogP contribution in [0.4, 0.5) is 0 Å². The van der Waals surface area contributed by atoms with E-state index in [1.807, 2.05) is 115 Å². The molecule has 0 aliphatic rings. The molecule has 13 heteroatoms. The molecule has 0 amide bonds. The van der Waals surface area contributed by atoms with E-state index in [4.69, 9.17) is 54.1 Å². The molecule has 0 fully saturated rings. The molecular formula is C56H49BrCl3N2O7-. The number of nitrogens with zero attached hydrogens (tertiary/aromatic N) is 2. The first-order valence-electron chi connectivity index (χ1n) is 21.0. The molecule has 1 N–H and O–H groups in total. The van der Waals surface area contributed by atoms with Gasteiger partial charge in [0.2, 0.25) is 0 Å². The lowest BCUT2D eigenvalue weighted by Gasteiger charge is -2.12. The Morgan fingerprint density at radius 1 is 0.493 bits per heavy atom. The van der Waals surface area contributed by atoms with E-state index >= 15 is 0 Å². The zero-order valence-corrected chi connectivity index (χ0v) is 42.4. The number of ether oxygens (including phenoxy) is 4. The molecule has 9 nitrogen and oxygen atoms in total. The Kier molecular flexibility index (Phi) is 20.2. The highest BCUT2D eigenvalue weighted by Gasteiger charge is 2.13. The molecule has 0 saturated carbocycles. The Bertz CT molecular complexity index is 2990. The minimum Gasteiger partial charge on any atom is -0.496 e. The molecule has 0 unspecified atom stereocenters. The van der Waals surface area contributed by atoms with Crippen LogP contribution in [0.3, 0.4) is 0 Å². The van der Waals surface area contributed by atoms with E-state index in [-0.39, 0.29) is 13.1 Å². The van der Waals surface area contributed by atoms with Gasteiger partial charge < -0.3 is 31.5 Å². The van der Waals surface area contributed by atoms with Gasteiger partial charge in [0, 0.05) is 49.5 Å². The predicted octanol–water partition coefficient (Wildman–Crippen LogP) is 14.8. The molecule has 0 aliphatic heterocycles. The standard InChI is InChI=1S/C21H18ClNO3.C20H16ClNO3.C14H12BrClO.CH3/c1-25-20-9-7-14(11-18(20)16-4-3-5-17(22)12-16)10-15-6-8-19(23-13-15)21(24)26-2;1-25-19-8-6-13(9-14-5-7-18(20(23)24)22-12-14)10-17(19)15-3-2-4-16(21)11-15;1-17-14-6-5-10(9-15)7-13(14)11-3-2-4-12(16)8-11;/h3-9,11-13H,10H2,1-2H3;2-8,10-12H,9H2,1H3,(H,23,24);2-8H,9H2,1H3;1H3/q;;;-1. The quantitative estimate of drug-likeness (QED) is 0.0684. The van der Waals surface area contributed by atoms with Crippen molar-refractivity contribution in [3.05, 3.63) is 226 Å². The Balaban J connectivity index is 0.000000196.